The molecule has 0 spiro atoms. The molecule has 1 N–H and O–H groups in total. The standard InChI is InChI=1S/C18H24ClN3O3/c19-15-4-1-2-5-16(15)25-13-8-20-18(24)22-10-3-9-21(11-12-22)17(23)14-6-7-14/h1-2,4-5,14H,3,6-13H2,(H,20,24). The molecule has 0 radical (unpaired) electrons. The molecule has 7 heteroatoms. The molecule has 2 fully saturated rings. The largest absolute Gasteiger partial charge is 0.490 e. The Morgan fingerprint density at radius 2 is 1.84 bits per heavy atom. The molecule has 1 aromatic carbocycles. The van der Waals surface area contributed by atoms with Crippen LogP contribution < -0.4 is 10.1 Å². The third-order valence-corrected chi connectivity index (χ3v) is 4.81. The lowest BCUT2D eigenvalue weighted by Gasteiger charge is -2.22. The summed E-state index contributed by atoms with van der Waals surface area (Å²) in [7, 11) is 0. The SMILES string of the molecule is O=C(NCCOc1ccccc1Cl)N1CCCN(C(=O)C2CC2)CC1. The molecule has 25 heavy (non-hydrogen) atoms. The van der Waals surface area contributed by atoms with Crippen molar-refractivity contribution in [2.24, 2.45) is 5.92 Å². The third-order valence-electron chi connectivity index (χ3n) is 4.49. The summed E-state index contributed by atoms with van der Waals surface area (Å²) in [6.45, 7) is 3.38. The van der Waals surface area contributed by atoms with E-state index in [1.165, 1.54) is 0 Å². The van der Waals surface area contributed by atoms with Crippen LogP contribution in [-0.4, -0.2) is 61.1 Å². The number of para-hydroxylation sites is 1. The fourth-order valence-corrected chi connectivity index (χ4v) is 3.11. The van der Waals surface area contributed by atoms with Gasteiger partial charge < -0.3 is 19.9 Å². The quantitative estimate of drug-likeness (QED) is 0.815. The first-order valence-corrected chi connectivity index (χ1v) is 9.22. The number of rotatable bonds is 5. The highest BCUT2D eigenvalue weighted by Crippen LogP contribution is 2.31. The molecule has 1 aromatic rings. The zero-order chi connectivity index (χ0) is 17.6. The number of hydrogen-bond donors (Lipinski definition) is 1. The zero-order valence-corrected chi connectivity index (χ0v) is 15.0. The van der Waals surface area contributed by atoms with E-state index in [9.17, 15) is 9.59 Å². The summed E-state index contributed by atoms with van der Waals surface area (Å²) >= 11 is 6.02. The Bertz CT molecular complexity index is 621. The Balaban J connectivity index is 1.38. The number of hydrogen-bond acceptors (Lipinski definition) is 3. The number of urea groups is 1. The van der Waals surface area contributed by atoms with Crippen LogP contribution in [0.1, 0.15) is 19.3 Å². The van der Waals surface area contributed by atoms with Crippen molar-refractivity contribution in [1.29, 1.82) is 0 Å². The van der Waals surface area contributed by atoms with Gasteiger partial charge in [0.1, 0.15) is 12.4 Å². The second-order valence-electron chi connectivity index (χ2n) is 6.45. The van der Waals surface area contributed by atoms with Gasteiger partial charge in [-0.3, -0.25) is 4.79 Å². The van der Waals surface area contributed by atoms with Gasteiger partial charge in [0.15, 0.2) is 0 Å². The Morgan fingerprint density at radius 3 is 2.60 bits per heavy atom. The Labute approximate surface area is 153 Å². The first-order valence-electron chi connectivity index (χ1n) is 8.84. The van der Waals surface area contributed by atoms with E-state index in [1.807, 2.05) is 17.0 Å². The smallest absolute Gasteiger partial charge is 0.317 e. The highest BCUT2D eigenvalue weighted by molar-refractivity contribution is 6.32. The van der Waals surface area contributed by atoms with Gasteiger partial charge in [-0.2, -0.15) is 0 Å². The summed E-state index contributed by atoms with van der Waals surface area (Å²) in [6.07, 6.45) is 2.86. The predicted molar refractivity (Wildman–Crippen MR) is 95.8 cm³/mol. The summed E-state index contributed by atoms with van der Waals surface area (Å²) < 4.78 is 5.56. The molecule has 1 aliphatic carbocycles. The molecule has 0 aromatic heterocycles. The van der Waals surface area contributed by atoms with E-state index < -0.39 is 0 Å². The topological polar surface area (TPSA) is 61.9 Å². The molecule has 0 atom stereocenters. The van der Waals surface area contributed by atoms with Crippen LogP contribution in [-0.2, 0) is 4.79 Å². The van der Waals surface area contributed by atoms with Crippen LogP contribution in [0.25, 0.3) is 0 Å². The molecule has 1 saturated heterocycles. The van der Waals surface area contributed by atoms with Gasteiger partial charge in [-0.1, -0.05) is 23.7 Å². The van der Waals surface area contributed by atoms with Gasteiger partial charge in [0.2, 0.25) is 5.91 Å². The van der Waals surface area contributed by atoms with E-state index in [4.69, 9.17) is 16.3 Å². The van der Waals surface area contributed by atoms with Crippen LogP contribution in [0.2, 0.25) is 5.02 Å². The molecule has 1 heterocycles. The van der Waals surface area contributed by atoms with Crippen molar-refractivity contribution in [3.8, 4) is 5.75 Å². The molecule has 6 nitrogen and oxygen atoms in total. The van der Waals surface area contributed by atoms with Crippen molar-refractivity contribution in [2.75, 3.05) is 39.3 Å². The molecular weight excluding hydrogens is 342 g/mol. The number of nitrogens with zero attached hydrogens (tertiary/aromatic N) is 2. The van der Waals surface area contributed by atoms with E-state index in [0.29, 0.717) is 43.6 Å². The van der Waals surface area contributed by atoms with Gasteiger partial charge in [0, 0.05) is 32.1 Å². The molecule has 2 aliphatic rings. The maximum Gasteiger partial charge on any atom is 0.317 e. The van der Waals surface area contributed by atoms with Crippen LogP contribution in [0.5, 0.6) is 5.75 Å². The second-order valence-corrected chi connectivity index (χ2v) is 6.86. The first kappa shape index (κ1) is 17.9. The Kier molecular flexibility index (Phi) is 6.02. The minimum Gasteiger partial charge on any atom is -0.490 e. The minimum absolute atomic E-state index is 0.108. The Morgan fingerprint density at radius 1 is 1.12 bits per heavy atom. The zero-order valence-electron chi connectivity index (χ0n) is 14.2. The lowest BCUT2D eigenvalue weighted by atomic mass is 10.3. The number of carbonyl (C=O) groups excluding carboxylic acids is 2. The average molecular weight is 366 g/mol. The van der Waals surface area contributed by atoms with Crippen molar-refractivity contribution >= 4 is 23.5 Å². The molecule has 0 bridgehead atoms. The maximum absolute atomic E-state index is 12.3. The highest BCUT2D eigenvalue weighted by atomic mass is 35.5. The molecule has 1 saturated carbocycles. The first-order chi connectivity index (χ1) is 12.1. The van der Waals surface area contributed by atoms with E-state index in [2.05, 4.69) is 5.32 Å². The maximum atomic E-state index is 12.3. The van der Waals surface area contributed by atoms with Crippen LogP contribution in [0, 0.1) is 5.92 Å². The van der Waals surface area contributed by atoms with E-state index in [-0.39, 0.29) is 17.9 Å². The number of benzene rings is 1. The van der Waals surface area contributed by atoms with Gasteiger partial charge in [-0.15, -0.1) is 0 Å². The summed E-state index contributed by atoms with van der Waals surface area (Å²) in [6, 6.07) is 7.15. The third kappa shape index (κ3) is 5.01. The van der Waals surface area contributed by atoms with Crippen molar-refractivity contribution in [3.05, 3.63) is 29.3 Å². The predicted octanol–water partition coefficient (Wildman–Crippen LogP) is 2.37. The van der Waals surface area contributed by atoms with E-state index >= 15 is 0 Å². The van der Waals surface area contributed by atoms with Gasteiger partial charge in [0.05, 0.1) is 11.6 Å². The molecule has 1 aliphatic heterocycles. The summed E-state index contributed by atoms with van der Waals surface area (Å²) in [5.74, 6) is 1.11. The average Bonchev–Trinajstić information content (AvgIpc) is 3.45. The molecule has 3 rings (SSSR count). The number of carbonyl (C=O) groups is 2. The van der Waals surface area contributed by atoms with Crippen molar-refractivity contribution in [2.45, 2.75) is 19.3 Å². The Hall–Kier alpha value is -1.95. The van der Waals surface area contributed by atoms with Crippen LogP contribution in [0.4, 0.5) is 4.79 Å². The number of amides is 3. The molecule has 0 unspecified atom stereocenters. The number of ether oxygens (including phenoxy) is 1. The summed E-state index contributed by atoms with van der Waals surface area (Å²) in [5, 5.41) is 3.42. The fourth-order valence-electron chi connectivity index (χ4n) is 2.92. The van der Waals surface area contributed by atoms with Crippen LogP contribution in [0.15, 0.2) is 24.3 Å². The molecular formula is C18H24ClN3O3. The van der Waals surface area contributed by atoms with Gasteiger partial charge >= 0.3 is 6.03 Å². The van der Waals surface area contributed by atoms with Crippen LogP contribution >= 0.6 is 11.6 Å². The van der Waals surface area contributed by atoms with Gasteiger partial charge in [-0.25, -0.2) is 4.79 Å². The number of nitrogens with one attached hydrogen (secondary N) is 1. The molecule has 136 valence electrons. The highest BCUT2D eigenvalue weighted by Gasteiger charge is 2.34. The fraction of sp³-hybridized carbons (Fsp3) is 0.556. The number of halogens is 1. The summed E-state index contributed by atoms with van der Waals surface area (Å²) in [5.41, 5.74) is 0. The minimum atomic E-state index is -0.108. The van der Waals surface area contributed by atoms with E-state index in [0.717, 1.165) is 25.8 Å². The van der Waals surface area contributed by atoms with Gasteiger partial charge in [0.25, 0.3) is 0 Å². The molecule has 3 amide bonds. The van der Waals surface area contributed by atoms with E-state index in [1.54, 1.807) is 17.0 Å². The van der Waals surface area contributed by atoms with Gasteiger partial charge in [-0.05, 0) is 31.4 Å². The van der Waals surface area contributed by atoms with Crippen molar-refractivity contribution in [3.63, 3.8) is 0 Å². The monoisotopic (exact) mass is 365 g/mol. The lowest BCUT2D eigenvalue weighted by Crippen LogP contribution is -2.43. The normalized spacial score (nSPS) is 17.8. The van der Waals surface area contributed by atoms with Crippen molar-refractivity contribution in [1.82, 2.24) is 15.1 Å². The van der Waals surface area contributed by atoms with Crippen molar-refractivity contribution < 1.29 is 14.3 Å². The summed E-state index contributed by atoms with van der Waals surface area (Å²) in [4.78, 5) is 28.1. The van der Waals surface area contributed by atoms with Crippen LogP contribution in [0.3, 0.4) is 0 Å². The lowest BCUT2D eigenvalue weighted by molar-refractivity contribution is -0.132. The second kappa shape index (κ2) is 8.43.